The summed E-state index contributed by atoms with van der Waals surface area (Å²) in [5, 5.41) is 8.49. The van der Waals surface area contributed by atoms with Gasteiger partial charge in [0.15, 0.2) is 0 Å². The first-order valence-electron chi connectivity index (χ1n) is 12.8. The van der Waals surface area contributed by atoms with Gasteiger partial charge in [0.25, 0.3) is 0 Å². The summed E-state index contributed by atoms with van der Waals surface area (Å²) in [6, 6.07) is 8.48. The number of aromatic nitrogens is 2. The lowest BCUT2D eigenvalue weighted by Crippen LogP contribution is -2.56. The second-order valence-electron chi connectivity index (χ2n) is 11.1. The van der Waals surface area contributed by atoms with Gasteiger partial charge in [-0.3, -0.25) is 13.9 Å². The van der Waals surface area contributed by atoms with Crippen molar-refractivity contribution < 1.29 is 22.1 Å². The third kappa shape index (κ3) is 4.36. The maximum Gasteiger partial charge on any atom is 0.418 e. The van der Waals surface area contributed by atoms with Gasteiger partial charge in [-0.25, -0.2) is 13.8 Å². The minimum Gasteiger partial charge on any atom is -0.293 e. The van der Waals surface area contributed by atoms with E-state index in [0.29, 0.717) is 17.2 Å². The molecule has 2 aliphatic heterocycles. The molecule has 2 aromatic heterocycles. The average Bonchev–Trinajstić information content (AvgIpc) is 3.37. The SMILES string of the molecule is C[N+]1=CN=NC1[C@@H](c1cccc(-n2cc3c(C(F)(F)F)cc(CN4CC(C)(F)C4)cn3c2=O)c1)C1CCC1. The molecule has 1 saturated carbocycles. The highest BCUT2D eigenvalue weighted by molar-refractivity contribution is 5.58. The van der Waals surface area contributed by atoms with E-state index in [4.69, 9.17) is 0 Å². The zero-order valence-corrected chi connectivity index (χ0v) is 21.2. The first-order valence-corrected chi connectivity index (χ1v) is 12.8. The molecule has 11 heteroatoms. The van der Waals surface area contributed by atoms with Gasteiger partial charge in [0.1, 0.15) is 5.67 Å². The molecule has 7 nitrogen and oxygen atoms in total. The highest BCUT2D eigenvalue weighted by Crippen LogP contribution is 2.43. The topological polar surface area (TPSA) is 57.4 Å². The molecule has 0 radical (unpaired) electrons. The number of hydrogen-bond donors (Lipinski definition) is 0. The molecular weight excluding hydrogens is 500 g/mol. The van der Waals surface area contributed by atoms with Gasteiger partial charge in [-0.15, -0.1) is 0 Å². The van der Waals surface area contributed by atoms with Crippen LogP contribution in [-0.2, 0) is 12.7 Å². The first kappa shape index (κ1) is 25.0. The van der Waals surface area contributed by atoms with E-state index in [1.165, 1.54) is 23.9 Å². The monoisotopic (exact) mass is 529 g/mol. The number of azo groups is 1. The standard InChI is InChI=1S/C27H29F4N6O/c1-26(28)14-35(15-26)11-17-9-21(27(29,30)31)22-13-36(25(38)37(22)12-17)20-8-4-7-19(10-20)23(18-5-3-6-18)24-33-32-16-34(24)2/h4,7-10,12-13,16,18,23-24H,3,5-6,11,14-15H2,1-2H3/q+1/t23-,24?/m1/s1. The highest BCUT2D eigenvalue weighted by Gasteiger charge is 2.41. The van der Waals surface area contributed by atoms with Gasteiger partial charge in [0.2, 0.25) is 6.17 Å². The molecule has 38 heavy (non-hydrogen) atoms. The molecule has 4 heterocycles. The van der Waals surface area contributed by atoms with Gasteiger partial charge >= 0.3 is 18.2 Å². The van der Waals surface area contributed by atoms with Crippen LogP contribution in [0.1, 0.15) is 48.8 Å². The zero-order valence-electron chi connectivity index (χ0n) is 21.2. The maximum atomic E-state index is 14.1. The number of benzene rings is 1. The van der Waals surface area contributed by atoms with Crippen molar-refractivity contribution in [1.82, 2.24) is 13.9 Å². The molecule has 0 amide bonds. The second kappa shape index (κ2) is 8.86. The molecule has 1 unspecified atom stereocenters. The molecule has 200 valence electrons. The number of fused-ring (bicyclic) bond motifs is 1. The summed E-state index contributed by atoms with van der Waals surface area (Å²) in [5.74, 6) is 0.471. The summed E-state index contributed by atoms with van der Waals surface area (Å²) < 4.78 is 60.5. The normalized spacial score (nSPS) is 22.4. The van der Waals surface area contributed by atoms with E-state index in [-0.39, 0.29) is 37.2 Å². The van der Waals surface area contributed by atoms with Crippen LogP contribution in [0.2, 0.25) is 0 Å². The molecule has 1 aliphatic carbocycles. The van der Waals surface area contributed by atoms with Gasteiger partial charge in [0, 0.05) is 32.0 Å². The van der Waals surface area contributed by atoms with E-state index in [0.717, 1.165) is 35.3 Å². The summed E-state index contributed by atoms with van der Waals surface area (Å²) >= 11 is 0. The van der Waals surface area contributed by atoms with Crippen LogP contribution < -0.4 is 5.69 Å². The Morgan fingerprint density at radius 3 is 2.55 bits per heavy atom. The number of nitrogens with zero attached hydrogens (tertiary/aromatic N) is 6. The maximum absolute atomic E-state index is 14.1. The van der Waals surface area contributed by atoms with Crippen molar-refractivity contribution in [2.45, 2.75) is 56.7 Å². The van der Waals surface area contributed by atoms with E-state index in [9.17, 15) is 22.4 Å². The second-order valence-corrected chi connectivity index (χ2v) is 11.1. The summed E-state index contributed by atoms with van der Waals surface area (Å²) in [6.07, 6.45) is 2.85. The molecule has 6 rings (SSSR count). The summed E-state index contributed by atoms with van der Waals surface area (Å²) in [7, 11) is 1.93. The van der Waals surface area contributed by atoms with Crippen LogP contribution in [0.4, 0.5) is 17.6 Å². The van der Waals surface area contributed by atoms with Crippen LogP contribution in [0, 0.1) is 5.92 Å². The number of halogens is 4. The Morgan fingerprint density at radius 1 is 1.18 bits per heavy atom. The Morgan fingerprint density at radius 2 is 1.95 bits per heavy atom. The zero-order chi connectivity index (χ0) is 26.8. The smallest absolute Gasteiger partial charge is 0.293 e. The predicted octanol–water partition coefficient (Wildman–Crippen LogP) is 5.00. The Labute approximate surface area is 216 Å². The molecule has 0 N–H and O–H groups in total. The van der Waals surface area contributed by atoms with Crippen LogP contribution in [0.3, 0.4) is 0 Å². The lowest BCUT2D eigenvalue weighted by Gasteiger charge is -2.42. The molecule has 1 aromatic carbocycles. The third-order valence-corrected chi connectivity index (χ3v) is 7.99. The van der Waals surface area contributed by atoms with Gasteiger partial charge in [-0.05, 0) is 60.1 Å². The summed E-state index contributed by atoms with van der Waals surface area (Å²) in [6.45, 7) is 1.89. The van der Waals surface area contributed by atoms with Crippen LogP contribution in [0.15, 0.2) is 57.7 Å². The first-order chi connectivity index (χ1) is 18.0. The average molecular weight is 530 g/mol. The van der Waals surface area contributed by atoms with Crippen LogP contribution in [-0.4, -0.2) is 56.8 Å². The van der Waals surface area contributed by atoms with Crippen molar-refractivity contribution in [3.05, 3.63) is 69.9 Å². The fourth-order valence-corrected chi connectivity index (χ4v) is 6.02. The predicted molar refractivity (Wildman–Crippen MR) is 134 cm³/mol. The number of likely N-dealkylation sites (tertiary alicyclic amines) is 1. The van der Waals surface area contributed by atoms with E-state index in [1.807, 2.05) is 29.8 Å². The van der Waals surface area contributed by atoms with Crippen molar-refractivity contribution in [2.75, 3.05) is 20.1 Å². The molecule has 0 spiro atoms. The molecule has 3 aromatic rings. The fourth-order valence-electron chi connectivity index (χ4n) is 6.02. The number of alkyl halides is 4. The van der Waals surface area contributed by atoms with Crippen molar-refractivity contribution >= 4 is 11.9 Å². The third-order valence-electron chi connectivity index (χ3n) is 7.99. The van der Waals surface area contributed by atoms with Gasteiger partial charge in [-0.1, -0.05) is 18.6 Å². The largest absolute Gasteiger partial charge is 0.418 e. The number of pyridine rings is 1. The molecule has 0 bridgehead atoms. The molecule has 2 atom stereocenters. The van der Waals surface area contributed by atoms with Gasteiger partial charge in [0.05, 0.1) is 34.8 Å². The lowest BCUT2D eigenvalue weighted by atomic mass is 9.71. The van der Waals surface area contributed by atoms with Gasteiger partial charge in [-0.2, -0.15) is 13.2 Å². The molecule has 3 aliphatic rings. The van der Waals surface area contributed by atoms with Crippen LogP contribution >= 0.6 is 0 Å². The van der Waals surface area contributed by atoms with E-state index in [2.05, 4.69) is 10.2 Å². The van der Waals surface area contributed by atoms with E-state index < -0.39 is 23.1 Å². The minimum absolute atomic E-state index is 0.0546. The summed E-state index contributed by atoms with van der Waals surface area (Å²) in [4.78, 5) is 15.2. The lowest BCUT2D eigenvalue weighted by molar-refractivity contribution is -0.533. The Kier molecular flexibility index (Phi) is 5.82. The highest BCUT2D eigenvalue weighted by atomic mass is 19.4. The number of hydrogen-bond acceptors (Lipinski definition) is 4. The quantitative estimate of drug-likeness (QED) is 0.334. The van der Waals surface area contributed by atoms with Crippen LogP contribution in [0.5, 0.6) is 0 Å². The summed E-state index contributed by atoms with van der Waals surface area (Å²) in [5.41, 5.74) is -1.26. The molecular formula is C27H29F4N6O+. The van der Waals surface area contributed by atoms with Crippen molar-refractivity contribution in [2.24, 2.45) is 16.1 Å². The van der Waals surface area contributed by atoms with Crippen molar-refractivity contribution in [3.63, 3.8) is 0 Å². The Hall–Kier alpha value is -3.34. The number of imidazole rings is 1. The van der Waals surface area contributed by atoms with E-state index >= 15 is 0 Å². The molecule has 2 fully saturated rings. The fraction of sp³-hybridized carbons (Fsp3) is 0.481. The number of rotatable bonds is 6. The van der Waals surface area contributed by atoms with Crippen molar-refractivity contribution in [3.8, 4) is 5.69 Å². The van der Waals surface area contributed by atoms with E-state index in [1.54, 1.807) is 17.3 Å². The van der Waals surface area contributed by atoms with Crippen molar-refractivity contribution in [1.29, 1.82) is 0 Å². The Bertz CT molecular complexity index is 1510. The van der Waals surface area contributed by atoms with Gasteiger partial charge < -0.3 is 0 Å². The number of likely N-dealkylation sites (N-methyl/N-ethyl adjacent to an activating group) is 1. The Balaban J connectivity index is 1.41. The minimum atomic E-state index is -4.66. The van der Waals surface area contributed by atoms with Crippen LogP contribution in [0.25, 0.3) is 11.2 Å². The molecule has 1 saturated heterocycles.